The van der Waals surface area contributed by atoms with E-state index in [9.17, 15) is 5.11 Å². The van der Waals surface area contributed by atoms with Crippen LogP contribution in [-0.2, 0) is 13.2 Å². The molecule has 0 aliphatic rings. The molecule has 2 aromatic carbocycles. The van der Waals surface area contributed by atoms with Crippen LogP contribution >= 0.6 is 0 Å². The molecule has 0 fully saturated rings. The van der Waals surface area contributed by atoms with Gasteiger partial charge in [0, 0.05) is 17.5 Å². The Bertz CT molecular complexity index is 767. The molecule has 1 aromatic heterocycles. The van der Waals surface area contributed by atoms with Crippen LogP contribution in [0.3, 0.4) is 0 Å². The van der Waals surface area contributed by atoms with E-state index in [4.69, 9.17) is 4.74 Å². The number of aromatic nitrogens is 1. The number of pyridine rings is 1. The van der Waals surface area contributed by atoms with Crippen LogP contribution in [0.1, 0.15) is 16.8 Å². The summed E-state index contributed by atoms with van der Waals surface area (Å²) in [7, 11) is 0. The van der Waals surface area contributed by atoms with Crippen LogP contribution in [0, 0.1) is 6.92 Å². The molecule has 3 heteroatoms. The van der Waals surface area contributed by atoms with Crippen molar-refractivity contribution in [2.45, 2.75) is 20.1 Å². The standard InChI is InChI=1S/C20H19NO2/c1-15-7-8-18(12-21-15)19-9-17(13-22)10-20(11-19)23-14-16-5-3-2-4-6-16/h2-12,22H,13-14H2,1H3. The Hall–Kier alpha value is -2.65. The minimum absolute atomic E-state index is 0.0190. The molecule has 1 N–H and O–H groups in total. The number of rotatable bonds is 5. The number of aliphatic hydroxyl groups excluding tert-OH is 1. The first kappa shape index (κ1) is 15.3. The van der Waals surface area contributed by atoms with Gasteiger partial charge in [0.15, 0.2) is 0 Å². The molecule has 0 bridgehead atoms. The van der Waals surface area contributed by atoms with E-state index in [1.54, 1.807) is 0 Å². The van der Waals surface area contributed by atoms with Gasteiger partial charge in [0.1, 0.15) is 12.4 Å². The van der Waals surface area contributed by atoms with Gasteiger partial charge in [-0.3, -0.25) is 4.98 Å². The summed E-state index contributed by atoms with van der Waals surface area (Å²) in [6, 6.07) is 19.8. The van der Waals surface area contributed by atoms with E-state index in [2.05, 4.69) is 4.98 Å². The molecule has 0 aliphatic heterocycles. The number of hydrogen-bond donors (Lipinski definition) is 1. The van der Waals surface area contributed by atoms with Crippen LogP contribution in [0.25, 0.3) is 11.1 Å². The number of ether oxygens (including phenoxy) is 1. The summed E-state index contributed by atoms with van der Waals surface area (Å²) < 4.78 is 5.89. The molecule has 0 atom stereocenters. The monoisotopic (exact) mass is 305 g/mol. The average Bonchev–Trinajstić information content (AvgIpc) is 2.61. The molecule has 0 saturated heterocycles. The fourth-order valence-corrected chi connectivity index (χ4v) is 2.38. The van der Waals surface area contributed by atoms with E-state index >= 15 is 0 Å². The molecule has 0 aliphatic carbocycles. The lowest BCUT2D eigenvalue weighted by molar-refractivity contribution is 0.278. The molecule has 0 saturated carbocycles. The van der Waals surface area contributed by atoms with E-state index in [1.165, 1.54) is 0 Å². The summed E-state index contributed by atoms with van der Waals surface area (Å²) in [6.07, 6.45) is 1.84. The summed E-state index contributed by atoms with van der Waals surface area (Å²) in [5, 5.41) is 9.49. The second-order valence-electron chi connectivity index (χ2n) is 5.49. The first-order chi connectivity index (χ1) is 11.2. The zero-order valence-corrected chi connectivity index (χ0v) is 13.1. The van der Waals surface area contributed by atoms with E-state index in [0.717, 1.165) is 33.7 Å². The maximum Gasteiger partial charge on any atom is 0.120 e. The molecule has 23 heavy (non-hydrogen) atoms. The van der Waals surface area contributed by atoms with Gasteiger partial charge in [0.2, 0.25) is 0 Å². The second kappa shape index (κ2) is 7.07. The van der Waals surface area contributed by atoms with Gasteiger partial charge in [0.25, 0.3) is 0 Å². The van der Waals surface area contributed by atoms with Crippen molar-refractivity contribution in [1.29, 1.82) is 0 Å². The lowest BCUT2D eigenvalue weighted by Crippen LogP contribution is -1.97. The largest absolute Gasteiger partial charge is 0.489 e. The van der Waals surface area contributed by atoms with Gasteiger partial charge in [-0.1, -0.05) is 36.4 Å². The Morgan fingerprint density at radius 1 is 0.913 bits per heavy atom. The van der Waals surface area contributed by atoms with Crippen molar-refractivity contribution >= 4 is 0 Å². The van der Waals surface area contributed by atoms with Crippen LogP contribution in [0.2, 0.25) is 0 Å². The van der Waals surface area contributed by atoms with Gasteiger partial charge in [-0.25, -0.2) is 0 Å². The fraction of sp³-hybridized carbons (Fsp3) is 0.150. The van der Waals surface area contributed by atoms with Crippen molar-refractivity contribution in [3.05, 3.63) is 83.7 Å². The SMILES string of the molecule is Cc1ccc(-c2cc(CO)cc(OCc3ccccc3)c2)cn1. The Labute approximate surface area is 136 Å². The smallest absolute Gasteiger partial charge is 0.120 e. The van der Waals surface area contributed by atoms with Gasteiger partial charge >= 0.3 is 0 Å². The summed E-state index contributed by atoms with van der Waals surface area (Å²) >= 11 is 0. The molecular formula is C20H19NO2. The van der Waals surface area contributed by atoms with Gasteiger partial charge in [-0.05, 0) is 47.9 Å². The number of aliphatic hydroxyl groups is 1. The third kappa shape index (κ3) is 3.96. The predicted molar refractivity (Wildman–Crippen MR) is 91.1 cm³/mol. The van der Waals surface area contributed by atoms with Crippen molar-refractivity contribution in [1.82, 2.24) is 4.98 Å². The van der Waals surface area contributed by atoms with Crippen LogP contribution in [0.15, 0.2) is 66.9 Å². The fourth-order valence-electron chi connectivity index (χ4n) is 2.38. The normalized spacial score (nSPS) is 10.5. The Morgan fingerprint density at radius 3 is 2.43 bits per heavy atom. The summed E-state index contributed by atoms with van der Waals surface area (Å²) in [4.78, 5) is 4.33. The highest BCUT2D eigenvalue weighted by Crippen LogP contribution is 2.26. The zero-order chi connectivity index (χ0) is 16.1. The number of benzene rings is 2. The third-order valence-corrected chi connectivity index (χ3v) is 3.64. The van der Waals surface area contributed by atoms with Gasteiger partial charge < -0.3 is 9.84 Å². The number of hydrogen-bond acceptors (Lipinski definition) is 3. The molecule has 1 heterocycles. The average molecular weight is 305 g/mol. The minimum Gasteiger partial charge on any atom is -0.489 e. The molecule has 3 nitrogen and oxygen atoms in total. The van der Waals surface area contributed by atoms with Crippen LogP contribution in [0.5, 0.6) is 5.75 Å². The summed E-state index contributed by atoms with van der Waals surface area (Å²) in [6.45, 7) is 2.44. The van der Waals surface area contributed by atoms with Crippen molar-refractivity contribution in [2.24, 2.45) is 0 Å². The van der Waals surface area contributed by atoms with Gasteiger partial charge in [-0.2, -0.15) is 0 Å². The second-order valence-corrected chi connectivity index (χ2v) is 5.49. The van der Waals surface area contributed by atoms with E-state index in [-0.39, 0.29) is 6.61 Å². The van der Waals surface area contributed by atoms with Crippen LogP contribution in [0.4, 0.5) is 0 Å². The quantitative estimate of drug-likeness (QED) is 0.770. The first-order valence-electron chi connectivity index (χ1n) is 7.59. The number of aryl methyl sites for hydroxylation is 1. The molecule has 3 aromatic rings. The van der Waals surface area contributed by atoms with Gasteiger partial charge in [0.05, 0.1) is 6.61 Å². The summed E-state index contributed by atoms with van der Waals surface area (Å²) in [5.74, 6) is 0.746. The molecule has 3 rings (SSSR count). The zero-order valence-electron chi connectivity index (χ0n) is 13.1. The van der Waals surface area contributed by atoms with Crippen LogP contribution in [-0.4, -0.2) is 10.1 Å². The topological polar surface area (TPSA) is 42.4 Å². The molecule has 0 unspecified atom stereocenters. The lowest BCUT2D eigenvalue weighted by Gasteiger charge is -2.11. The lowest BCUT2D eigenvalue weighted by atomic mass is 10.0. The maximum atomic E-state index is 9.49. The highest BCUT2D eigenvalue weighted by atomic mass is 16.5. The first-order valence-corrected chi connectivity index (χ1v) is 7.59. The van der Waals surface area contributed by atoms with Crippen molar-refractivity contribution < 1.29 is 9.84 Å². The van der Waals surface area contributed by atoms with Crippen molar-refractivity contribution in [2.75, 3.05) is 0 Å². The molecule has 0 amide bonds. The Morgan fingerprint density at radius 2 is 1.74 bits per heavy atom. The highest BCUT2D eigenvalue weighted by Gasteiger charge is 2.05. The van der Waals surface area contributed by atoms with E-state index in [0.29, 0.717) is 6.61 Å². The van der Waals surface area contributed by atoms with Crippen molar-refractivity contribution in [3.63, 3.8) is 0 Å². The van der Waals surface area contributed by atoms with E-state index < -0.39 is 0 Å². The van der Waals surface area contributed by atoms with Gasteiger partial charge in [-0.15, -0.1) is 0 Å². The number of nitrogens with zero attached hydrogens (tertiary/aromatic N) is 1. The van der Waals surface area contributed by atoms with Crippen LogP contribution < -0.4 is 4.74 Å². The Kier molecular flexibility index (Phi) is 4.69. The molecule has 116 valence electrons. The van der Waals surface area contributed by atoms with E-state index in [1.807, 2.05) is 73.8 Å². The highest BCUT2D eigenvalue weighted by molar-refractivity contribution is 5.65. The molecule has 0 spiro atoms. The third-order valence-electron chi connectivity index (χ3n) is 3.64. The maximum absolute atomic E-state index is 9.49. The van der Waals surface area contributed by atoms with Crippen molar-refractivity contribution in [3.8, 4) is 16.9 Å². The minimum atomic E-state index is -0.0190. The molecule has 0 radical (unpaired) electrons. The Balaban J connectivity index is 1.85. The predicted octanol–water partition coefficient (Wildman–Crippen LogP) is 4.13. The molecular weight excluding hydrogens is 286 g/mol. The summed E-state index contributed by atoms with van der Waals surface area (Å²) in [5.41, 5.74) is 4.92.